The molecule has 138 valence electrons. The van der Waals surface area contributed by atoms with E-state index in [1.54, 1.807) is 0 Å². The standard InChI is InChI=1S/C22H33NO2/c1-16(20-5-3-2-4-6-20)23-13-21(24)14-25-15-22-10-17-7-18(11-22)9-19(8-17)12-22/h2-6,16-19,21,23-24H,7-15H2,1H3/t16-,17?,18?,19?,21+,22?/m1/s1. The van der Waals surface area contributed by atoms with Gasteiger partial charge in [0.05, 0.1) is 19.3 Å². The SMILES string of the molecule is C[C@@H](NC[C@H](O)COCC12CC3CC(CC(C3)C1)C2)c1ccccc1. The predicted molar refractivity (Wildman–Crippen MR) is 100 cm³/mol. The Bertz CT molecular complexity index is 523. The van der Waals surface area contributed by atoms with Gasteiger partial charge in [-0.3, -0.25) is 0 Å². The van der Waals surface area contributed by atoms with Gasteiger partial charge in [0.25, 0.3) is 0 Å². The van der Waals surface area contributed by atoms with E-state index in [1.807, 2.05) is 6.07 Å². The van der Waals surface area contributed by atoms with E-state index in [4.69, 9.17) is 4.74 Å². The summed E-state index contributed by atoms with van der Waals surface area (Å²) < 4.78 is 6.03. The molecule has 3 nitrogen and oxygen atoms in total. The fourth-order valence-electron chi connectivity index (χ4n) is 6.11. The third-order valence-electron chi connectivity index (χ3n) is 6.84. The lowest BCUT2D eigenvalue weighted by atomic mass is 9.50. The maximum atomic E-state index is 10.3. The van der Waals surface area contributed by atoms with Gasteiger partial charge in [0.1, 0.15) is 0 Å². The zero-order valence-corrected chi connectivity index (χ0v) is 15.5. The fourth-order valence-corrected chi connectivity index (χ4v) is 6.11. The summed E-state index contributed by atoms with van der Waals surface area (Å²) in [4.78, 5) is 0. The first-order valence-corrected chi connectivity index (χ1v) is 10.2. The molecule has 0 aliphatic heterocycles. The molecule has 0 aromatic heterocycles. The number of ether oxygens (including phenoxy) is 1. The molecule has 0 radical (unpaired) electrons. The summed E-state index contributed by atoms with van der Waals surface area (Å²) in [6.07, 6.45) is 8.12. The third-order valence-corrected chi connectivity index (χ3v) is 6.84. The van der Waals surface area contributed by atoms with Crippen LogP contribution in [-0.2, 0) is 4.74 Å². The zero-order chi connectivity index (χ0) is 17.3. The van der Waals surface area contributed by atoms with E-state index in [-0.39, 0.29) is 6.04 Å². The summed E-state index contributed by atoms with van der Waals surface area (Å²) in [5.41, 5.74) is 1.70. The van der Waals surface area contributed by atoms with E-state index in [0.717, 1.165) is 24.4 Å². The lowest BCUT2D eigenvalue weighted by Crippen LogP contribution is -2.48. The summed E-state index contributed by atoms with van der Waals surface area (Å²) in [6.45, 7) is 4.04. The Labute approximate surface area is 152 Å². The van der Waals surface area contributed by atoms with Gasteiger partial charge in [-0.05, 0) is 74.2 Å². The number of benzene rings is 1. The molecule has 0 amide bonds. The quantitative estimate of drug-likeness (QED) is 0.751. The van der Waals surface area contributed by atoms with Crippen LogP contribution in [0.3, 0.4) is 0 Å². The molecule has 2 N–H and O–H groups in total. The molecule has 1 aromatic carbocycles. The lowest BCUT2D eigenvalue weighted by Gasteiger charge is -2.56. The van der Waals surface area contributed by atoms with Crippen molar-refractivity contribution in [1.82, 2.24) is 5.32 Å². The van der Waals surface area contributed by atoms with Gasteiger partial charge in [-0.25, -0.2) is 0 Å². The Morgan fingerprint density at radius 2 is 1.68 bits per heavy atom. The minimum absolute atomic E-state index is 0.249. The minimum Gasteiger partial charge on any atom is -0.389 e. The number of aliphatic hydroxyl groups is 1. The summed E-state index contributed by atoms with van der Waals surface area (Å²) in [7, 11) is 0. The van der Waals surface area contributed by atoms with E-state index in [0.29, 0.717) is 18.6 Å². The maximum Gasteiger partial charge on any atom is 0.0897 e. The number of nitrogens with one attached hydrogen (secondary N) is 1. The highest BCUT2D eigenvalue weighted by molar-refractivity contribution is 5.18. The summed E-state index contributed by atoms with van der Waals surface area (Å²) in [5, 5.41) is 13.7. The van der Waals surface area contributed by atoms with Crippen molar-refractivity contribution >= 4 is 0 Å². The highest BCUT2D eigenvalue weighted by Gasteiger charge is 2.50. The van der Waals surface area contributed by atoms with Gasteiger partial charge in [0.15, 0.2) is 0 Å². The lowest BCUT2D eigenvalue weighted by molar-refractivity contribution is -0.105. The third kappa shape index (κ3) is 4.10. The van der Waals surface area contributed by atoms with Gasteiger partial charge in [-0.1, -0.05) is 30.3 Å². The molecule has 2 atom stereocenters. The van der Waals surface area contributed by atoms with Crippen LogP contribution in [0.2, 0.25) is 0 Å². The molecule has 3 heteroatoms. The van der Waals surface area contributed by atoms with Crippen molar-refractivity contribution in [1.29, 1.82) is 0 Å². The van der Waals surface area contributed by atoms with Gasteiger partial charge in [0, 0.05) is 12.6 Å². The summed E-state index contributed by atoms with van der Waals surface area (Å²) in [5.74, 6) is 2.90. The van der Waals surface area contributed by atoms with Crippen LogP contribution in [0.15, 0.2) is 30.3 Å². The normalized spacial score (nSPS) is 35.7. The Hall–Kier alpha value is -0.900. The first-order valence-electron chi connectivity index (χ1n) is 10.2. The van der Waals surface area contributed by atoms with Crippen molar-refractivity contribution < 1.29 is 9.84 Å². The van der Waals surface area contributed by atoms with Crippen LogP contribution < -0.4 is 5.32 Å². The Kier molecular flexibility index (Phi) is 5.17. The van der Waals surface area contributed by atoms with Crippen molar-refractivity contribution in [2.75, 3.05) is 19.8 Å². The average Bonchev–Trinajstić information content (AvgIpc) is 2.59. The average molecular weight is 344 g/mol. The van der Waals surface area contributed by atoms with Gasteiger partial charge < -0.3 is 15.2 Å². The highest BCUT2D eigenvalue weighted by atomic mass is 16.5. The molecule has 5 rings (SSSR count). The molecule has 0 heterocycles. The van der Waals surface area contributed by atoms with Crippen LogP contribution in [0.25, 0.3) is 0 Å². The predicted octanol–water partition coefficient (Wildman–Crippen LogP) is 3.93. The number of aliphatic hydroxyl groups excluding tert-OH is 1. The molecular weight excluding hydrogens is 310 g/mol. The van der Waals surface area contributed by atoms with Crippen molar-refractivity contribution in [3.8, 4) is 0 Å². The number of rotatable bonds is 8. The monoisotopic (exact) mass is 343 g/mol. The van der Waals surface area contributed by atoms with Crippen LogP contribution in [0.5, 0.6) is 0 Å². The van der Waals surface area contributed by atoms with Crippen molar-refractivity contribution in [3.63, 3.8) is 0 Å². The molecule has 0 spiro atoms. The van der Waals surface area contributed by atoms with Crippen molar-refractivity contribution in [3.05, 3.63) is 35.9 Å². The Morgan fingerprint density at radius 1 is 1.08 bits per heavy atom. The van der Waals surface area contributed by atoms with Crippen LogP contribution >= 0.6 is 0 Å². The molecule has 0 unspecified atom stereocenters. The van der Waals surface area contributed by atoms with E-state index in [1.165, 1.54) is 44.1 Å². The second-order valence-electron chi connectivity index (χ2n) is 9.13. The molecule has 0 saturated heterocycles. The molecule has 1 aromatic rings. The summed E-state index contributed by atoms with van der Waals surface area (Å²) in [6, 6.07) is 10.6. The van der Waals surface area contributed by atoms with E-state index in [9.17, 15) is 5.11 Å². The van der Waals surface area contributed by atoms with Gasteiger partial charge in [-0.15, -0.1) is 0 Å². The van der Waals surface area contributed by atoms with E-state index >= 15 is 0 Å². The second kappa shape index (κ2) is 7.38. The topological polar surface area (TPSA) is 41.5 Å². The van der Waals surface area contributed by atoms with E-state index in [2.05, 4.69) is 36.5 Å². The molecule has 25 heavy (non-hydrogen) atoms. The van der Waals surface area contributed by atoms with Crippen molar-refractivity contribution in [2.45, 2.75) is 57.6 Å². The van der Waals surface area contributed by atoms with Crippen LogP contribution in [0.4, 0.5) is 0 Å². The largest absolute Gasteiger partial charge is 0.389 e. The smallest absolute Gasteiger partial charge is 0.0897 e. The van der Waals surface area contributed by atoms with Crippen molar-refractivity contribution in [2.24, 2.45) is 23.2 Å². The molecule has 4 aliphatic carbocycles. The minimum atomic E-state index is -0.430. The van der Waals surface area contributed by atoms with Crippen LogP contribution in [0, 0.1) is 23.2 Å². The molecule has 4 bridgehead atoms. The molecule has 4 fully saturated rings. The number of hydrogen-bond acceptors (Lipinski definition) is 3. The molecular formula is C22H33NO2. The summed E-state index contributed by atoms with van der Waals surface area (Å²) >= 11 is 0. The van der Waals surface area contributed by atoms with Gasteiger partial charge >= 0.3 is 0 Å². The zero-order valence-electron chi connectivity index (χ0n) is 15.5. The second-order valence-corrected chi connectivity index (χ2v) is 9.13. The number of hydrogen-bond donors (Lipinski definition) is 2. The van der Waals surface area contributed by atoms with Gasteiger partial charge in [0.2, 0.25) is 0 Å². The van der Waals surface area contributed by atoms with Gasteiger partial charge in [-0.2, -0.15) is 0 Å². The van der Waals surface area contributed by atoms with E-state index < -0.39 is 6.10 Å². The fraction of sp³-hybridized carbons (Fsp3) is 0.727. The Balaban J connectivity index is 1.19. The first kappa shape index (κ1) is 17.5. The maximum absolute atomic E-state index is 10.3. The van der Waals surface area contributed by atoms with Crippen LogP contribution in [0.1, 0.15) is 57.1 Å². The van der Waals surface area contributed by atoms with Crippen LogP contribution in [-0.4, -0.2) is 31.0 Å². The Morgan fingerprint density at radius 3 is 2.28 bits per heavy atom. The first-order chi connectivity index (χ1) is 12.1. The highest BCUT2D eigenvalue weighted by Crippen LogP contribution is 2.60. The molecule has 4 saturated carbocycles. The molecule has 4 aliphatic rings.